The Kier molecular flexibility index (Phi) is 7.38. The van der Waals surface area contributed by atoms with Gasteiger partial charge in [-0.2, -0.15) is 13.2 Å². The van der Waals surface area contributed by atoms with Gasteiger partial charge in [0.05, 0.1) is 22.3 Å². The smallest absolute Gasteiger partial charge is 0.418 e. The summed E-state index contributed by atoms with van der Waals surface area (Å²) in [7, 11) is 0. The van der Waals surface area contributed by atoms with E-state index in [0.29, 0.717) is 27.6 Å². The highest BCUT2D eigenvalue weighted by atomic mass is 19.4. The molecule has 232 valence electrons. The Morgan fingerprint density at radius 1 is 0.867 bits per heavy atom. The summed E-state index contributed by atoms with van der Waals surface area (Å²) in [5.74, 6) is 0.370. The zero-order valence-corrected chi connectivity index (χ0v) is 24.9. The molecule has 0 atom stereocenters. The predicted molar refractivity (Wildman–Crippen MR) is 168 cm³/mol. The monoisotopic (exact) mass is 616 g/mol. The van der Waals surface area contributed by atoms with Gasteiger partial charge in [0.1, 0.15) is 11.4 Å². The minimum atomic E-state index is -4.71. The van der Waals surface area contributed by atoms with Crippen molar-refractivity contribution in [3.8, 4) is 16.8 Å². The summed E-state index contributed by atoms with van der Waals surface area (Å²) < 4.78 is 50.5. The second kappa shape index (κ2) is 11.1. The zero-order valence-electron chi connectivity index (χ0n) is 24.9. The first-order chi connectivity index (χ1) is 21.3. The average Bonchev–Trinajstić information content (AvgIpc) is 2.99. The molecular weight excluding hydrogens is 585 g/mol. The lowest BCUT2D eigenvalue weighted by Gasteiger charge is -2.37. The van der Waals surface area contributed by atoms with Gasteiger partial charge in [-0.1, -0.05) is 6.07 Å². The van der Waals surface area contributed by atoms with E-state index in [1.807, 2.05) is 18.2 Å². The number of hydrogen-bond donors (Lipinski definition) is 1. The molecule has 9 nitrogen and oxygen atoms in total. The number of nitrogens with zero attached hydrogens (tertiary/aromatic N) is 5. The molecule has 12 heteroatoms. The van der Waals surface area contributed by atoms with Crippen molar-refractivity contribution >= 4 is 39.4 Å². The van der Waals surface area contributed by atoms with E-state index in [1.165, 1.54) is 27.7 Å². The van der Waals surface area contributed by atoms with Crippen LogP contribution in [0.2, 0.25) is 0 Å². The number of rotatable bonds is 3. The van der Waals surface area contributed by atoms with Gasteiger partial charge in [-0.3, -0.25) is 14.3 Å². The standard InChI is InChI=1S/C33H31F3N6O3/c1-32(2,3)45-31(44)41-14-12-40(13-15-41)27-9-7-23(17-25(27)33(34,35)36)42-29(43)11-6-22-19-38-26-8-4-20(16-24(26)30(22)42)21-5-10-28(37)39-18-21/h4-11,16-19H,12-15H2,1-3H3,(H2,37,39). The fraction of sp³-hybridized carbons (Fsp3) is 0.273. The summed E-state index contributed by atoms with van der Waals surface area (Å²) in [6.07, 6.45) is -1.98. The average molecular weight is 617 g/mol. The molecule has 4 heterocycles. The largest absolute Gasteiger partial charge is 0.444 e. The van der Waals surface area contributed by atoms with E-state index < -0.39 is 29.0 Å². The molecule has 0 bridgehead atoms. The first-order valence-electron chi connectivity index (χ1n) is 14.4. The summed E-state index contributed by atoms with van der Waals surface area (Å²) in [5, 5.41) is 1.18. The quantitative estimate of drug-likeness (QED) is 0.239. The molecule has 3 aromatic heterocycles. The van der Waals surface area contributed by atoms with Crippen LogP contribution in [-0.4, -0.2) is 57.3 Å². The van der Waals surface area contributed by atoms with Crippen molar-refractivity contribution in [1.82, 2.24) is 19.4 Å². The van der Waals surface area contributed by atoms with Crippen LogP contribution < -0.4 is 16.2 Å². The number of alkyl halides is 3. The summed E-state index contributed by atoms with van der Waals surface area (Å²) in [5.41, 5.74) is 6.33. The maximum Gasteiger partial charge on any atom is 0.418 e. The molecule has 45 heavy (non-hydrogen) atoms. The molecule has 0 aliphatic carbocycles. The number of carbonyl (C=O) groups excluding carboxylic acids is 1. The van der Waals surface area contributed by atoms with E-state index in [-0.39, 0.29) is 37.6 Å². The molecular formula is C33H31F3N6O3. The number of fused-ring (bicyclic) bond motifs is 3. The van der Waals surface area contributed by atoms with E-state index in [4.69, 9.17) is 10.5 Å². The molecule has 1 amide bonds. The summed E-state index contributed by atoms with van der Waals surface area (Å²) in [6.45, 7) is 6.08. The second-order valence-electron chi connectivity index (χ2n) is 11.9. The van der Waals surface area contributed by atoms with Gasteiger partial charge < -0.3 is 20.3 Å². The predicted octanol–water partition coefficient (Wildman–Crippen LogP) is 6.26. The van der Waals surface area contributed by atoms with Gasteiger partial charge in [0.25, 0.3) is 5.56 Å². The van der Waals surface area contributed by atoms with Crippen molar-refractivity contribution in [3.05, 3.63) is 89.0 Å². The van der Waals surface area contributed by atoms with Crippen molar-refractivity contribution in [2.24, 2.45) is 0 Å². The van der Waals surface area contributed by atoms with Gasteiger partial charge in [0.15, 0.2) is 0 Å². The Morgan fingerprint density at radius 3 is 2.27 bits per heavy atom. The number of ether oxygens (including phenoxy) is 1. The van der Waals surface area contributed by atoms with Crippen molar-refractivity contribution < 1.29 is 22.7 Å². The van der Waals surface area contributed by atoms with E-state index in [9.17, 15) is 22.8 Å². The molecule has 1 aliphatic heterocycles. The Morgan fingerprint density at radius 2 is 1.60 bits per heavy atom. The van der Waals surface area contributed by atoms with Gasteiger partial charge >= 0.3 is 12.3 Å². The molecule has 0 spiro atoms. The number of piperazine rings is 1. The molecule has 5 aromatic rings. The SMILES string of the molecule is CC(C)(C)OC(=O)N1CCN(c2ccc(-n3c(=O)ccc4cnc5ccc(-c6ccc(N)nc6)cc5c43)cc2C(F)(F)F)CC1. The van der Waals surface area contributed by atoms with E-state index >= 15 is 0 Å². The van der Waals surface area contributed by atoms with Crippen molar-refractivity contribution in [2.45, 2.75) is 32.5 Å². The first-order valence-corrected chi connectivity index (χ1v) is 14.4. The van der Waals surface area contributed by atoms with Crippen LogP contribution >= 0.6 is 0 Å². The van der Waals surface area contributed by atoms with Gasteiger partial charge in [-0.15, -0.1) is 0 Å². The molecule has 2 aromatic carbocycles. The number of anilines is 2. The number of pyridine rings is 3. The number of hydrogen-bond acceptors (Lipinski definition) is 7. The van der Waals surface area contributed by atoms with E-state index in [0.717, 1.165) is 17.2 Å². The number of carbonyl (C=O) groups is 1. The molecule has 0 radical (unpaired) electrons. The first kappa shape index (κ1) is 29.9. The third kappa shape index (κ3) is 6.00. The van der Waals surface area contributed by atoms with Crippen molar-refractivity contribution in [1.29, 1.82) is 0 Å². The van der Waals surface area contributed by atoms with Crippen LogP contribution in [0.5, 0.6) is 0 Å². The van der Waals surface area contributed by atoms with Crippen LogP contribution in [0, 0.1) is 0 Å². The second-order valence-corrected chi connectivity index (χ2v) is 11.9. The third-order valence-electron chi connectivity index (χ3n) is 7.65. The van der Waals surface area contributed by atoms with E-state index in [2.05, 4.69) is 9.97 Å². The minimum absolute atomic E-state index is 0.0203. The minimum Gasteiger partial charge on any atom is -0.444 e. The summed E-state index contributed by atoms with van der Waals surface area (Å²) in [6, 6.07) is 15.8. The zero-order chi connectivity index (χ0) is 32.1. The normalized spacial score (nSPS) is 14.3. The highest BCUT2D eigenvalue weighted by molar-refractivity contribution is 6.05. The number of nitrogens with two attached hydrogens (primary N) is 1. The van der Waals surface area contributed by atoms with Crippen molar-refractivity contribution in [3.63, 3.8) is 0 Å². The molecule has 0 unspecified atom stereocenters. The molecule has 6 rings (SSSR count). The van der Waals surface area contributed by atoms with E-state index in [1.54, 1.807) is 56.3 Å². The van der Waals surface area contributed by atoms with Crippen LogP contribution in [0.3, 0.4) is 0 Å². The lowest BCUT2D eigenvalue weighted by atomic mass is 10.0. The Bertz CT molecular complexity index is 1980. The molecule has 1 saturated heterocycles. The van der Waals surface area contributed by atoms with Gasteiger partial charge in [0, 0.05) is 66.7 Å². The van der Waals surface area contributed by atoms with Crippen LogP contribution in [0.15, 0.2) is 77.9 Å². The Labute approximate surface area is 256 Å². The Hall–Kier alpha value is -5.13. The number of nitrogen functional groups attached to an aromatic ring is 1. The van der Waals surface area contributed by atoms with Gasteiger partial charge in [0.2, 0.25) is 0 Å². The number of aromatic nitrogens is 3. The van der Waals surface area contributed by atoms with Gasteiger partial charge in [-0.05, 0) is 74.9 Å². The maximum atomic E-state index is 14.6. The molecule has 2 N–H and O–H groups in total. The Balaban J connectivity index is 1.43. The summed E-state index contributed by atoms with van der Waals surface area (Å²) >= 11 is 0. The van der Waals surface area contributed by atoms with Gasteiger partial charge in [-0.25, -0.2) is 9.78 Å². The molecule has 1 fully saturated rings. The van der Waals surface area contributed by atoms with Crippen LogP contribution in [-0.2, 0) is 10.9 Å². The fourth-order valence-corrected chi connectivity index (χ4v) is 5.55. The topological polar surface area (TPSA) is 107 Å². The number of benzene rings is 2. The third-order valence-corrected chi connectivity index (χ3v) is 7.65. The molecule has 0 saturated carbocycles. The lowest BCUT2D eigenvalue weighted by molar-refractivity contribution is -0.137. The van der Waals surface area contributed by atoms with Crippen molar-refractivity contribution in [2.75, 3.05) is 36.8 Å². The highest BCUT2D eigenvalue weighted by Gasteiger charge is 2.37. The number of amides is 1. The summed E-state index contributed by atoms with van der Waals surface area (Å²) in [4.78, 5) is 37.7. The maximum absolute atomic E-state index is 14.6. The fourth-order valence-electron chi connectivity index (χ4n) is 5.55. The highest BCUT2D eigenvalue weighted by Crippen LogP contribution is 2.39. The van der Waals surface area contributed by atoms with Crippen LogP contribution in [0.25, 0.3) is 38.6 Å². The molecule has 1 aliphatic rings. The van der Waals surface area contributed by atoms with Crippen LogP contribution in [0.4, 0.5) is 29.5 Å². The van der Waals surface area contributed by atoms with Crippen LogP contribution in [0.1, 0.15) is 26.3 Å². The number of halogens is 3. The lowest BCUT2D eigenvalue weighted by Crippen LogP contribution is -2.50.